The van der Waals surface area contributed by atoms with Crippen LogP contribution in [0.3, 0.4) is 0 Å². The monoisotopic (exact) mass is 340 g/mol. The first-order valence-electron chi connectivity index (χ1n) is 7.60. The van der Waals surface area contributed by atoms with Crippen molar-refractivity contribution in [3.8, 4) is 11.8 Å². The lowest BCUT2D eigenvalue weighted by Gasteiger charge is -2.15. The number of aromatic nitrogens is 2. The fourth-order valence-corrected chi connectivity index (χ4v) is 2.76. The molecular weight excluding hydrogens is 326 g/mol. The van der Waals surface area contributed by atoms with Crippen molar-refractivity contribution in [1.82, 2.24) is 9.55 Å². The first-order valence-corrected chi connectivity index (χ1v) is 7.60. The Morgan fingerprint density at radius 2 is 2.00 bits per heavy atom. The Labute approximate surface area is 142 Å². The average molecular weight is 340 g/mol. The number of nitriles is 1. The molecule has 3 aromatic rings. The second-order valence-corrected chi connectivity index (χ2v) is 5.41. The Bertz CT molecular complexity index is 1040. The van der Waals surface area contributed by atoms with Gasteiger partial charge in [-0.15, -0.1) is 0 Å². The summed E-state index contributed by atoms with van der Waals surface area (Å²) in [7, 11) is 0. The van der Waals surface area contributed by atoms with Gasteiger partial charge in [0, 0.05) is 12.0 Å². The number of nitrogens with two attached hydrogens (primary N) is 1. The first-order chi connectivity index (χ1) is 12.1. The van der Waals surface area contributed by atoms with E-state index in [4.69, 9.17) is 11.0 Å². The van der Waals surface area contributed by atoms with Crippen LogP contribution in [0.5, 0.6) is 0 Å². The van der Waals surface area contributed by atoms with E-state index in [1.165, 1.54) is 28.8 Å². The summed E-state index contributed by atoms with van der Waals surface area (Å²) in [5.74, 6) is 0.363. The van der Waals surface area contributed by atoms with Crippen LogP contribution in [0.1, 0.15) is 23.4 Å². The number of hydrogen-bond acceptors (Lipinski definition) is 4. The van der Waals surface area contributed by atoms with Gasteiger partial charge in [-0.1, -0.05) is 18.2 Å². The number of fused-ring (bicyclic) bond motifs is 1. The largest absolute Gasteiger partial charge is 0.330 e. The van der Waals surface area contributed by atoms with E-state index < -0.39 is 12.0 Å². The van der Waals surface area contributed by atoms with Crippen LogP contribution in [0, 0.1) is 11.3 Å². The SMILES string of the molecule is N#Cc1cccc(-n2c(CCN)nc3cccc(C(F)F)c3c2=O)c1. The molecular formula is C18H14F2N4O. The minimum atomic E-state index is -2.79. The topological polar surface area (TPSA) is 84.7 Å². The van der Waals surface area contributed by atoms with Gasteiger partial charge in [-0.3, -0.25) is 9.36 Å². The van der Waals surface area contributed by atoms with Gasteiger partial charge in [0.1, 0.15) is 5.82 Å². The molecule has 25 heavy (non-hydrogen) atoms. The number of alkyl halides is 2. The van der Waals surface area contributed by atoms with Gasteiger partial charge in [0.2, 0.25) is 0 Å². The summed E-state index contributed by atoms with van der Waals surface area (Å²) < 4.78 is 27.9. The van der Waals surface area contributed by atoms with E-state index >= 15 is 0 Å². The van der Waals surface area contributed by atoms with Crippen molar-refractivity contribution in [2.75, 3.05) is 6.54 Å². The van der Waals surface area contributed by atoms with Crippen molar-refractivity contribution in [2.45, 2.75) is 12.8 Å². The minimum Gasteiger partial charge on any atom is -0.330 e. The molecule has 0 saturated carbocycles. The Kier molecular flexibility index (Phi) is 4.55. The third-order valence-corrected chi connectivity index (χ3v) is 3.84. The smallest absolute Gasteiger partial charge is 0.266 e. The molecule has 0 aliphatic heterocycles. The van der Waals surface area contributed by atoms with E-state index in [1.807, 2.05) is 6.07 Å². The molecule has 0 saturated heterocycles. The van der Waals surface area contributed by atoms with Crippen LogP contribution in [-0.4, -0.2) is 16.1 Å². The summed E-state index contributed by atoms with van der Waals surface area (Å²) in [4.78, 5) is 17.4. The van der Waals surface area contributed by atoms with Crippen LogP contribution in [0.2, 0.25) is 0 Å². The molecule has 0 aliphatic rings. The van der Waals surface area contributed by atoms with Crippen LogP contribution < -0.4 is 11.3 Å². The zero-order valence-electron chi connectivity index (χ0n) is 13.1. The maximum absolute atomic E-state index is 13.3. The van der Waals surface area contributed by atoms with Crippen LogP contribution in [-0.2, 0) is 6.42 Å². The molecule has 1 aromatic heterocycles. The number of halogens is 2. The lowest BCUT2D eigenvalue weighted by atomic mass is 10.1. The van der Waals surface area contributed by atoms with Crippen molar-refractivity contribution < 1.29 is 8.78 Å². The van der Waals surface area contributed by atoms with E-state index in [0.29, 0.717) is 23.5 Å². The maximum Gasteiger partial charge on any atom is 0.266 e. The lowest BCUT2D eigenvalue weighted by Crippen LogP contribution is -2.26. The maximum atomic E-state index is 13.3. The quantitative estimate of drug-likeness (QED) is 0.791. The Hall–Kier alpha value is -3.11. The van der Waals surface area contributed by atoms with Gasteiger partial charge < -0.3 is 5.73 Å². The highest BCUT2D eigenvalue weighted by atomic mass is 19.3. The highest BCUT2D eigenvalue weighted by molar-refractivity contribution is 5.82. The summed E-state index contributed by atoms with van der Waals surface area (Å²) >= 11 is 0. The number of rotatable bonds is 4. The van der Waals surface area contributed by atoms with Crippen LogP contribution in [0.15, 0.2) is 47.3 Å². The van der Waals surface area contributed by atoms with Gasteiger partial charge in [-0.25, -0.2) is 13.8 Å². The Balaban J connectivity index is 2.41. The van der Waals surface area contributed by atoms with Gasteiger partial charge in [-0.05, 0) is 30.8 Å². The van der Waals surface area contributed by atoms with Gasteiger partial charge in [0.05, 0.1) is 28.2 Å². The van der Waals surface area contributed by atoms with E-state index in [-0.39, 0.29) is 23.0 Å². The molecule has 1 heterocycles. The summed E-state index contributed by atoms with van der Waals surface area (Å²) in [6.45, 7) is 0.241. The molecule has 7 heteroatoms. The zero-order valence-corrected chi connectivity index (χ0v) is 13.1. The predicted molar refractivity (Wildman–Crippen MR) is 89.8 cm³/mol. The average Bonchev–Trinajstić information content (AvgIpc) is 2.61. The van der Waals surface area contributed by atoms with Crippen molar-refractivity contribution in [2.24, 2.45) is 5.73 Å². The minimum absolute atomic E-state index is 0.124. The molecule has 0 amide bonds. The molecule has 0 unspecified atom stereocenters. The van der Waals surface area contributed by atoms with Crippen LogP contribution in [0.4, 0.5) is 8.78 Å². The van der Waals surface area contributed by atoms with Crippen molar-refractivity contribution in [3.05, 3.63) is 69.8 Å². The fourth-order valence-electron chi connectivity index (χ4n) is 2.76. The molecule has 2 aromatic carbocycles. The first kappa shape index (κ1) is 16.7. The molecule has 3 rings (SSSR count). The molecule has 5 nitrogen and oxygen atoms in total. The molecule has 2 N–H and O–H groups in total. The van der Waals surface area contributed by atoms with Gasteiger partial charge in [-0.2, -0.15) is 5.26 Å². The molecule has 126 valence electrons. The van der Waals surface area contributed by atoms with Crippen molar-refractivity contribution in [1.29, 1.82) is 5.26 Å². The summed E-state index contributed by atoms with van der Waals surface area (Å²) in [5.41, 5.74) is 5.60. The van der Waals surface area contributed by atoms with Crippen molar-refractivity contribution in [3.63, 3.8) is 0 Å². The highest BCUT2D eigenvalue weighted by Gasteiger charge is 2.19. The third-order valence-electron chi connectivity index (χ3n) is 3.84. The summed E-state index contributed by atoms with van der Waals surface area (Å²) in [6.07, 6.45) is -2.50. The van der Waals surface area contributed by atoms with E-state index in [1.54, 1.807) is 18.2 Å². The molecule has 0 fully saturated rings. The van der Waals surface area contributed by atoms with Gasteiger partial charge >= 0.3 is 0 Å². The Morgan fingerprint density at radius 3 is 2.68 bits per heavy atom. The normalized spacial score (nSPS) is 11.0. The molecule has 0 spiro atoms. The number of hydrogen-bond donors (Lipinski definition) is 1. The number of benzene rings is 2. The third kappa shape index (κ3) is 2.99. The summed E-state index contributed by atoms with van der Waals surface area (Å²) in [5, 5.41) is 8.94. The van der Waals surface area contributed by atoms with Gasteiger partial charge in [0.25, 0.3) is 12.0 Å². The van der Waals surface area contributed by atoms with E-state index in [9.17, 15) is 13.6 Å². The molecule has 0 bridgehead atoms. The molecule has 0 aliphatic carbocycles. The standard InChI is InChI=1S/C18H14F2N4O/c19-17(20)13-5-2-6-14-16(13)18(25)24(15(23-14)7-8-21)12-4-1-3-11(9-12)10-22/h1-6,9,17H,7-8,21H2. The van der Waals surface area contributed by atoms with E-state index in [2.05, 4.69) is 4.98 Å². The van der Waals surface area contributed by atoms with Crippen molar-refractivity contribution >= 4 is 10.9 Å². The lowest BCUT2D eigenvalue weighted by molar-refractivity contribution is 0.153. The van der Waals surface area contributed by atoms with Gasteiger partial charge in [0.15, 0.2) is 0 Å². The molecule has 0 atom stereocenters. The second-order valence-electron chi connectivity index (χ2n) is 5.41. The van der Waals surface area contributed by atoms with E-state index in [0.717, 1.165) is 0 Å². The highest BCUT2D eigenvalue weighted by Crippen LogP contribution is 2.25. The second kappa shape index (κ2) is 6.79. The predicted octanol–water partition coefficient (Wildman–Crippen LogP) is 2.70. The number of nitrogens with zero attached hydrogens (tertiary/aromatic N) is 3. The Morgan fingerprint density at radius 1 is 1.24 bits per heavy atom. The van der Waals surface area contributed by atoms with Crippen LogP contribution >= 0.6 is 0 Å². The zero-order chi connectivity index (χ0) is 18.0. The van der Waals surface area contributed by atoms with Crippen LogP contribution in [0.25, 0.3) is 16.6 Å². The summed E-state index contributed by atoms with van der Waals surface area (Å²) in [6, 6.07) is 12.5. The fraction of sp³-hybridized carbons (Fsp3) is 0.167. The molecule has 0 radical (unpaired) electrons.